The van der Waals surface area contributed by atoms with E-state index in [1.165, 1.54) is 0 Å². The molecule has 1 unspecified atom stereocenters. The lowest BCUT2D eigenvalue weighted by Gasteiger charge is -2.27. The zero-order chi connectivity index (χ0) is 13.0. The Morgan fingerprint density at radius 3 is 2.84 bits per heavy atom. The summed E-state index contributed by atoms with van der Waals surface area (Å²) >= 11 is 1.69. The van der Waals surface area contributed by atoms with Crippen molar-refractivity contribution in [2.45, 2.75) is 19.8 Å². The fraction of sp³-hybridized carbons (Fsp3) is 0.667. The number of hydrogen-bond acceptors (Lipinski definition) is 4. The molecule has 1 aromatic rings. The second kappa shape index (κ2) is 8.01. The van der Waals surface area contributed by atoms with Crippen molar-refractivity contribution in [3.05, 3.63) is 16.1 Å². The van der Waals surface area contributed by atoms with E-state index in [4.69, 9.17) is 10.5 Å². The number of aromatic nitrogens is 1. The summed E-state index contributed by atoms with van der Waals surface area (Å²) in [6, 6.07) is 0. The third kappa shape index (κ3) is 4.88. The van der Waals surface area contributed by atoms with Gasteiger partial charge in [-0.05, 0) is 6.92 Å². The van der Waals surface area contributed by atoms with E-state index in [1.54, 1.807) is 11.3 Å². The van der Waals surface area contributed by atoms with Gasteiger partial charge < -0.3 is 15.4 Å². The van der Waals surface area contributed by atoms with Gasteiger partial charge in [-0.2, -0.15) is 0 Å². The Balaban J connectivity index is 0.00000180. The number of ether oxygens (including phenoxy) is 1. The number of thiazole rings is 1. The topological polar surface area (TPSA) is 63.7 Å². The van der Waals surface area contributed by atoms with Crippen LogP contribution < -0.4 is 5.73 Å². The van der Waals surface area contributed by atoms with Crippen LogP contribution in [0.3, 0.4) is 0 Å². The monoisotopic (exact) mass is 396 g/mol. The van der Waals surface area contributed by atoms with Gasteiger partial charge in [0.25, 0.3) is 0 Å². The molecule has 1 aliphatic rings. The first-order chi connectivity index (χ1) is 8.66. The fourth-order valence-electron chi connectivity index (χ4n) is 1.80. The molecule has 0 spiro atoms. The Hall–Kier alpha value is -0.410. The number of nitrogens with zero attached hydrogens (tertiary/aromatic N) is 3. The second-order valence-corrected chi connectivity index (χ2v) is 5.42. The van der Waals surface area contributed by atoms with Crippen LogP contribution in [0.15, 0.2) is 10.4 Å². The van der Waals surface area contributed by atoms with Gasteiger partial charge in [0.15, 0.2) is 5.96 Å². The number of guanidine groups is 1. The summed E-state index contributed by atoms with van der Waals surface area (Å²) < 4.78 is 5.29. The normalized spacial score (nSPS) is 18.0. The SMILES string of the molecule is Cc1csc(C(C)CN=C(N)N2CCOCC2)n1.I. The van der Waals surface area contributed by atoms with Gasteiger partial charge in [-0.15, -0.1) is 35.3 Å². The van der Waals surface area contributed by atoms with Crippen LogP contribution in [0, 0.1) is 6.92 Å². The molecule has 19 heavy (non-hydrogen) atoms. The number of morpholine rings is 1. The van der Waals surface area contributed by atoms with Crippen LogP contribution in [-0.2, 0) is 4.74 Å². The number of rotatable bonds is 3. The molecular weight excluding hydrogens is 375 g/mol. The van der Waals surface area contributed by atoms with Crippen LogP contribution in [0.4, 0.5) is 0 Å². The maximum absolute atomic E-state index is 5.98. The van der Waals surface area contributed by atoms with Crippen LogP contribution in [0.1, 0.15) is 23.5 Å². The smallest absolute Gasteiger partial charge is 0.191 e. The average molecular weight is 396 g/mol. The highest BCUT2D eigenvalue weighted by molar-refractivity contribution is 14.0. The number of halogens is 1. The van der Waals surface area contributed by atoms with E-state index < -0.39 is 0 Å². The van der Waals surface area contributed by atoms with Crippen molar-refractivity contribution in [3.63, 3.8) is 0 Å². The van der Waals surface area contributed by atoms with Gasteiger partial charge in [0.1, 0.15) is 0 Å². The zero-order valence-electron chi connectivity index (χ0n) is 11.3. The van der Waals surface area contributed by atoms with Crippen LogP contribution in [-0.4, -0.2) is 48.7 Å². The maximum Gasteiger partial charge on any atom is 0.191 e. The van der Waals surface area contributed by atoms with E-state index in [-0.39, 0.29) is 24.0 Å². The lowest BCUT2D eigenvalue weighted by Crippen LogP contribution is -2.45. The standard InChI is InChI=1S/C12H20N4OS.HI/c1-9(11-15-10(2)8-18-11)7-14-12(13)16-3-5-17-6-4-16;/h8-9H,3-7H2,1-2H3,(H2,13,14);1H. The Kier molecular flexibility index (Phi) is 7.01. The van der Waals surface area contributed by atoms with Crippen molar-refractivity contribution >= 4 is 41.3 Å². The number of aliphatic imine (C=N–C) groups is 1. The van der Waals surface area contributed by atoms with E-state index in [0.29, 0.717) is 18.4 Å². The van der Waals surface area contributed by atoms with Gasteiger partial charge in [-0.1, -0.05) is 6.92 Å². The van der Waals surface area contributed by atoms with Crippen molar-refractivity contribution in [2.75, 3.05) is 32.8 Å². The lowest BCUT2D eigenvalue weighted by molar-refractivity contribution is 0.0674. The summed E-state index contributed by atoms with van der Waals surface area (Å²) in [7, 11) is 0. The number of hydrogen-bond donors (Lipinski definition) is 1. The minimum absolute atomic E-state index is 0. The minimum atomic E-state index is 0. The molecule has 108 valence electrons. The maximum atomic E-state index is 5.98. The predicted octanol–water partition coefficient (Wildman–Crippen LogP) is 1.82. The number of nitrogens with two attached hydrogens (primary N) is 1. The number of aryl methyl sites for hydroxylation is 1. The molecule has 1 aliphatic heterocycles. The molecule has 2 heterocycles. The van der Waals surface area contributed by atoms with Crippen molar-refractivity contribution in [2.24, 2.45) is 10.7 Å². The van der Waals surface area contributed by atoms with E-state index in [9.17, 15) is 0 Å². The first-order valence-electron chi connectivity index (χ1n) is 6.21. The Morgan fingerprint density at radius 1 is 1.58 bits per heavy atom. The van der Waals surface area contributed by atoms with Crippen LogP contribution in [0.25, 0.3) is 0 Å². The van der Waals surface area contributed by atoms with Gasteiger partial charge in [0.05, 0.1) is 24.8 Å². The Morgan fingerprint density at radius 2 is 2.26 bits per heavy atom. The molecule has 1 fully saturated rings. The molecule has 2 N–H and O–H groups in total. The molecule has 0 aliphatic carbocycles. The van der Waals surface area contributed by atoms with Gasteiger partial charge in [-0.3, -0.25) is 4.99 Å². The molecule has 7 heteroatoms. The molecule has 2 rings (SSSR count). The Bertz CT molecular complexity index is 418. The van der Waals surface area contributed by atoms with Crippen LogP contribution in [0.2, 0.25) is 0 Å². The first kappa shape index (κ1) is 16.6. The molecular formula is C12H21IN4OS. The minimum Gasteiger partial charge on any atom is -0.378 e. The van der Waals surface area contributed by atoms with Crippen LogP contribution >= 0.6 is 35.3 Å². The summed E-state index contributed by atoms with van der Waals surface area (Å²) in [4.78, 5) is 11.0. The summed E-state index contributed by atoms with van der Waals surface area (Å²) in [5.74, 6) is 0.946. The highest BCUT2D eigenvalue weighted by Gasteiger charge is 2.13. The van der Waals surface area contributed by atoms with E-state index in [0.717, 1.165) is 37.0 Å². The second-order valence-electron chi connectivity index (χ2n) is 4.53. The molecule has 0 amide bonds. The highest BCUT2D eigenvalue weighted by Crippen LogP contribution is 2.19. The molecule has 1 aromatic heterocycles. The quantitative estimate of drug-likeness (QED) is 0.481. The van der Waals surface area contributed by atoms with Crippen molar-refractivity contribution in [1.29, 1.82) is 0 Å². The average Bonchev–Trinajstić information content (AvgIpc) is 2.83. The van der Waals surface area contributed by atoms with Gasteiger partial charge >= 0.3 is 0 Å². The zero-order valence-corrected chi connectivity index (χ0v) is 14.5. The molecule has 0 saturated carbocycles. The van der Waals surface area contributed by atoms with Crippen molar-refractivity contribution < 1.29 is 4.74 Å². The van der Waals surface area contributed by atoms with Gasteiger partial charge in [-0.25, -0.2) is 4.98 Å². The Labute approximate surface area is 135 Å². The third-order valence-electron chi connectivity index (χ3n) is 2.92. The summed E-state index contributed by atoms with van der Waals surface area (Å²) in [6.07, 6.45) is 0. The first-order valence-corrected chi connectivity index (χ1v) is 7.09. The van der Waals surface area contributed by atoms with Gasteiger partial charge in [0, 0.05) is 30.1 Å². The molecule has 1 atom stereocenters. The lowest BCUT2D eigenvalue weighted by atomic mass is 10.2. The summed E-state index contributed by atoms with van der Waals surface area (Å²) in [6.45, 7) is 7.97. The molecule has 0 aromatic carbocycles. The van der Waals surface area contributed by atoms with Crippen molar-refractivity contribution in [1.82, 2.24) is 9.88 Å². The summed E-state index contributed by atoms with van der Waals surface area (Å²) in [5, 5.41) is 3.20. The van der Waals surface area contributed by atoms with Crippen LogP contribution in [0.5, 0.6) is 0 Å². The summed E-state index contributed by atoms with van der Waals surface area (Å²) in [5.41, 5.74) is 7.06. The van der Waals surface area contributed by atoms with E-state index in [1.807, 2.05) is 6.92 Å². The molecule has 5 nitrogen and oxygen atoms in total. The van der Waals surface area contributed by atoms with E-state index >= 15 is 0 Å². The predicted molar refractivity (Wildman–Crippen MR) is 89.6 cm³/mol. The molecule has 0 bridgehead atoms. The fourth-order valence-corrected chi connectivity index (χ4v) is 2.65. The molecule has 1 saturated heterocycles. The largest absolute Gasteiger partial charge is 0.378 e. The third-order valence-corrected chi connectivity index (χ3v) is 4.11. The highest BCUT2D eigenvalue weighted by atomic mass is 127. The van der Waals surface area contributed by atoms with E-state index in [2.05, 4.69) is 27.2 Å². The molecule has 0 radical (unpaired) electrons. The van der Waals surface area contributed by atoms with Gasteiger partial charge in [0.2, 0.25) is 0 Å². The van der Waals surface area contributed by atoms with Crippen molar-refractivity contribution in [3.8, 4) is 0 Å².